The van der Waals surface area contributed by atoms with E-state index in [-0.39, 0.29) is 36.6 Å². The Morgan fingerprint density at radius 1 is 1.17 bits per heavy atom. The normalized spacial score (nSPS) is 37.0. The van der Waals surface area contributed by atoms with Crippen LogP contribution in [0.5, 0.6) is 0 Å². The fourth-order valence-electron chi connectivity index (χ4n) is 6.10. The zero-order valence-electron chi connectivity index (χ0n) is 25.9. The third kappa shape index (κ3) is 8.74. The molecule has 4 rings (SSSR count). The van der Waals surface area contributed by atoms with E-state index >= 15 is 0 Å². The van der Waals surface area contributed by atoms with Gasteiger partial charge in [-0.25, -0.2) is 4.79 Å². The van der Waals surface area contributed by atoms with Crippen molar-refractivity contribution < 1.29 is 38.7 Å². The number of nitrogens with zero attached hydrogens (tertiary/aromatic N) is 2. The van der Waals surface area contributed by atoms with E-state index in [9.17, 15) is 19.8 Å². The fraction of sp³-hybridized carbons (Fsp3) is 0.750. The standard InChI is InChI=1S/C32H50N2O8/c1-22(7-13-28-29(37)32(21-39-32)19-31(4,20-35)42-28)6-11-27-12-9-25(24(3)41-27)18-26(36)10-8-23(2)40-30(38)34-16-14-33(5)15-17-34/h6-8,10,13,23-25,27-29,35,37H,9,11-12,14-21H2,1-5H3/b10-8-,13-7+,22-6+/t23-,24+,25-,27-,28+,29+,31+,32+/m0/s1. The van der Waals surface area contributed by atoms with Gasteiger partial charge in [0.15, 0.2) is 5.78 Å². The summed E-state index contributed by atoms with van der Waals surface area (Å²) >= 11 is 0. The molecule has 0 radical (unpaired) electrons. The number of aliphatic hydroxyl groups excluding tert-OH is 2. The first-order valence-electron chi connectivity index (χ1n) is 15.4. The molecule has 4 saturated heterocycles. The van der Waals surface area contributed by atoms with Crippen molar-refractivity contribution in [1.82, 2.24) is 9.80 Å². The van der Waals surface area contributed by atoms with Gasteiger partial charge in [0.2, 0.25) is 0 Å². The highest BCUT2D eigenvalue weighted by Gasteiger charge is 2.61. The number of piperazine rings is 1. The van der Waals surface area contributed by atoms with Crippen molar-refractivity contribution in [2.45, 2.75) is 102 Å². The van der Waals surface area contributed by atoms with Gasteiger partial charge in [-0.1, -0.05) is 23.8 Å². The third-order valence-corrected chi connectivity index (χ3v) is 9.04. The van der Waals surface area contributed by atoms with Crippen LogP contribution in [0.3, 0.4) is 0 Å². The van der Waals surface area contributed by atoms with Crippen LogP contribution in [0.15, 0.2) is 36.0 Å². The zero-order chi connectivity index (χ0) is 30.5. The molecule has 4 heterocycles. The molecule has 1 amide bonds. The average molecular weight is 591 g/mol. The van der Waals surface area contributed by atoms with Crippen LogP contribution >= 0.6 is 0 Å². The first kappa shape index (κ1) is 32.8. The number of aliphatic hydroxyl groups is 2. The van der Waals surface area contributed by atoms with Gasteiger partial charge in [0.25, 0.3) is 0 Å². The van der Waals surface area contributed by atoms with Gasteiger partial charge >= 0.3 is 6.09 Å². The minimum atomic E-state index is -0.765. The Morgan fingerprint density at radius 2 is 1.88 bits per heavy atom. The summed E-state index contributed by atoms with van der Waals surface area (Å²) < 4.78 is 23.3. The number of ether oxygens (including phenoxy) is 4. The Balaban J connectivity index is 1.17. The van der Waals surface area contributed by atoms with Crippen molar-refractivity contribution in [3.8, 4) is 0 Å². The van der Waals surface area contributed by atoms with Crippen LogP contribution in [-0.4, -0.2) is 120 Å². The van der Waals surface area contributed by atoms with Crippen molar-refractivity contribution in [3.63, 3.8) is 0 Å². The number of hydrogen-bond acceptors (Lipinski definition) is 9. The van der Waals surface area contributed by atoms with Crippen LogP contribution in [0.4, 0.5) is 4.79 Å². The molecule has 10 nitrogen and oxygen atoms in total. The van der Waals surface area contributed by atoms with E-state index in [0.717, 1.165) is 37.9 Å². The Hall–Kier alpha value is -2.08. The van der Waals surface area contributed by atoms with E-state index in [1.807, 2.05) is 40.0 Å². The van der Waals surface area contributed by atoms with Crippen molar-refractivity contribution >= 4 is 11.9 Å². The van der Waals surface area contributed by atoms with Gasteiger partial charge in [-0.15, -0.1) is 0 Å². The quantitative estimate of drug-likeness (QED) is 0.225. The van der Waals surface area contributed by atoms with Crippen molar-refractivity contribution in [1.29, 1.82) is 0 Å². The molecule has 1 spiro atoms. The Morgan fingerprint density at radius 3 is 2.52 bits per heavy atom. The molecule has 10 heteroatoms. The van der Waals surface area contributed by atoms with Crippen molar-refractivity contribution in [2.24, 2.45) is 5.92 Å². The summed E-state index contributed by atoms with van der Waals surface area (Å²) in [7, 11) is 2.03. The topological polar surface area (TPSA) is 121 Å². The van der Waals surface area contributed by atoms with Crippen LogP contribution in [-0.2, 0) is 23.7 Å². The van der Waals surface area contributed by atoms with Crippen LogP contribution in [0.25, 0.3) is 0 Å². The van der Waals surface area contributed by atoms with Gasteiger partial charge in [0.1, 0.15) is 23.9 Å². The van der Waals surface area contributed by atoms with Gasteiger partial charge < -0.3 is 39.0 Å². The van der Waals surface area contributed by atoms with Gasteiger partial charge in [0.05, 0.1) is 31.0 Å². The molecule has 2 N–H and O–H groups in total. The number of amides is 1. The summed E-state index contributed by atoms with van der Waals surface area (Å²) in [5.74, 6) is 0.161. The first-order valence-corrected chi connectivity index (χ1v) is 15.4. The molecule has 236 valence electrons. The van der Waals surface area contributed by atoms with E-state index in [0.29, 0.717) is 32.5 Å². The number of likely N-dealkylation sites (N-methyl/N-ethyl adjacent to an activating group) is 1. The second-order valence-corrected chi connectivity index (χ2v) is 12.9. The van der Waals surface area contributed by atoms with Gasteiger partial charge in [-0.05, 0) is 72.1 Å². The van der Waals surface area contributed by atoms with Crippen molar-refractivity contribution in [2.75, 3.05) is 46.4 Å². The molecule has 42 heavy (non-hydrogen) atoms. The molecule has 0 aromatic rings. The number of rotatable bonds is 10. The highest BCUT2D eigenvalue weighted by atomic mass is 16.6. The third-order valence-electron chi connectivity index (χ3n) is 9.04. The summed E-state index contributed by atoms with van der Waals surface area (Å²) in [6, 6.07) is 0. The molecule has 0 aromatic carbocycles. The molecule has 4 aliphatic heterocycles. The molecular weight excluding hydrogens is 540 g/mol. The number of carbonyl (C=O) groups excluding carboxylic acids is 2. The molecule has 0 aromatic heterocycles. The summed E-state index contributed by atoms with van der Waals surface area (Å²) in [6.07, 6.45) is 10.5. The summed E-state index contributed by atoms with van der Waals surface area (Å²) in [6.45, 7) is 11.0. The average Bonchev–Trinajstić information content (AvgIpc) is 3.73. The number of hydrogen-bond donors (Lipinski definition) is 2. The minimum absolute atomic E-state index is 0.0140. The fourth-order valence-corrected chi connectivity index (χ4v) is 6.10. The van der Waals surface area contributed by atoms with E-state index in [4.69, 9.17) is 18.9 Å². The van der Waals surface area contributed by atoms with Crippen LogP contribution in [0, 0.1) is 5.92 Å². The molecule has 4 fully saturated rings. The van der Waals surface area contributed by atoms with E-state index in [1.165, 1.54) is 6.08 Å². The lowest BCUT2D eigenvalue weighted by molar-refractivity contribution is -0.192. The molecular formula is C32H50N2O8. The lowest BCUT2D eigenvalue weighted by Gasteiger charge is -2.42. The monoisotopic (exact) mass is 590 g/mol. The lowest BCUT2D eigenvalue weighted by Crippen LogP contribution is -2.56. The second kappa shape index (κ2) is 14.1. The summed E-state index contributed by atoms with van der Waals surface area (Å²) in [5, 5.41) is 20.5. The molecule has 0 saturated carbocycles. The maximum Gasteiger partial charge on any atom is 0.410 e. The SMILES string of the molecule is CC(/C=C/[C@H]1O[C@@](C)(CO)C[C@@]2(CO2)[C@@H]1O)=C\C[C@H]1CC[C@@H](CC(=O)/C=C\[C@H](C)OC(=O)N2CCN(C)CC2)[C@@H](C)O1. The van der Waals surface area contributed by atoms with Crippen LogP contribution in [0.2, 0.25) is 0 Å². The number of epoxide rings is 1. The largest absolute Gasteiger partial charge is 0.442 e. The maximum absolute atomic E-state index is 12.6. The predicted molar refractivity (Wildman–Crippen MR) is 158 cm³/mol. The van der Waals surface area contributed by atoms with Gasteiger partial charge in [-0.3, -0.25) is 4.79 Å². The van der Waals surface area contributed by atoms with Gasteiger partial charge in [-0.2, -0.15) is 0 Å². The van der Waals surface area contributed by atoms with Gasteiger partial charge in [0, 0.05) is 39.0 Å². The van der Waals surface area contributed by atoms with E-state index in [1.54, 1.807) is 17.9 Å². The Labute approximate surface area is 250 Å². The lowest BCUT2D eigenvalue weighted by atomic mass is 9.82. The maximum atomic E-state index is 12.6. The number of allylic oxidation sites excluding steroid dienone is 3. The zero-order valence-corrected chi connectivity index (χ0v) is 25.9. The molecule has 0 bridgehead atoms. The van der Waals surface area contributed by atoms with E-state index < -0.39 is 29.5 Å². The molecule has 0 unspecified atom stereocenters. The first-order chi connectivity index (χ1) is 19.9. The molecule has 4 aliphatic rings. The molecule has 0 aliphatic carbocycles. The highest BCUT2D eigenvalue weighted by molar-refractivity contribution is 5.89. The Kier molecular flexibility index (Phi) is 11.0. The minimum Gasteiger partial charge on any atom is -0.442 e. The van der Waals surface area contributed by atoms with Crippen LogP contribution in [0.1, 0.15) is 59.8 Å². The number of carbonyl (C=O) groups is 2. The summed E-state index contributed by atoms with van der Waals surface area (Å²) in [5.41, 5.74) is -0.316. The Bertz CT molecular complexity index is 1030. The highest BCUT2D eigenvalue weighted by Crippen LogP contribution is 2.46. The van der Waals surface area contributed by atoms with Crippen LogP contribution < -0.4 is 0 Å². The smallest absolute Gasteiger partial charge is 0.410 e. The summed E-state index contributed by atoms with van der Waals surface area (Å²) in [4.78, 5) is 28.9. The number of ketones is 1. The molecule has 8 atom stereocenters. The second-order valence-electron chi connectivity index (χ2n) is 12.9. The van der Waals surface area contributed by atoms with Crippen molar-refractivity contribution in [3.05, 3.63) is 36.0 Å². The predicted octanol–water partition coefficient (Wildman–Crippen LogP) is 3.02. The van der Waals surface area contributed by atoms with E-state index in [2.05, 4.69) is 11.0 Å².